The molecule has 0 aliphatic heterocycles. The minimum Gasteiger partial charge on any atom is -0.395 e. The van der Waals surface area contributed by atoms with Gasteiger partial charge in [-0.1, -0.05) is 41.1 Å². The summed E-state index contributed by atoms with van der Waals surface area (Å²) in [5, 5.41) is 5.61. The molecule has 2 N–H and O–H groups in total. The standard InChI is InChI=1S/C16H23N3S/c1-10(2)19-16(15(17)13(5)18-19)20-9-14-7-11(3)6-12(4)8-14/h6-8,10H,9,17H2,1-5H3. The van der Waals surface area contributed by atoms with Crippen LogP contribution in [0.4, 0.5) is 5.69 Å². The Morgan fingerprint density at radius 1 is 1.15 bits per heavy atom. The molecule has 1 aromatic carbocycles. The lowest BCUT2D eigenvalue weighted by molar-refractivity contribution is 0.491. The second-order valence-electron chi connectivity index (χ2n) is 5.63. The van der Waals surface area contributed by atoms with Gasteiger partial charge in [-0.15, -0.1) is 0 Å². The zero-order valence-corrected chi connectivity index (χ0v) is 13.7. The summed E-state index contributed by atoms with van der Waals surface area (Å²) in [5.41, 5.74) is 11.8. The number of nitrogen functional groups attached to an aromatic ring is 1. The number of anilines is 1. The Bertz CT molecular complexity index is 594. The van der Waals surface area contributed by atoms with E-state index >= 15 is 0 Å². The normalized spacial score (nSPS) is 11.3. The fraction of sp³-hybridized carbons (Fsp3) is 0.438. The van der Waals surface area contributed by atoms with E-state index in [-0.39, 0.29) is 0 Å². The summed E-state index contributed by atoms with van der Waals surface area (Å²) in [6.07, 6.45) is 0. The molecule has 0 aliphatic carbocycles. The lowest BCUT2D eigenvalue weighted by Gasteiger charge is -2.11. The second-order valence-corrected chi connectivity index (χ2v) is 6.59. The average Bonchev–Trinajstić information content (AvgIpc) is 2.62. The van der Waals surface area contributed by atoms with Crippen LogP contribution in [-0.4, -0.2) is 9.78 Å². The van der Waals surface area contributed by atoms with Gasteiger partial charge in [0.1, 0.15) is 5.03 Å². The van der Waals surface area contributed by atoms with Gasteiger partial charge in [0.05, 0.1) is 11.4 Å². The fourth-order valence-corrected chi connectivity index (χ4v) is 3.49. The van der Waals surface area contributed by atoms with Gasteiger partial charge < -0.3 is 5.73 Å². The maximum atomic E-state index is 6.16. The minimum absolute atomic E-state index is 0.327. The molecule has 0 saturated heterocycles. The molecule has 0 atom stereocenters. The quantitative estimate of drug-likeness (QED) is 0.855. The number of hydrogen-bond donors (Lipinski definition) is 1. The first-order valence-electron chi connectivity index (χ1n) is 6.93. The van der Waals surface area contributed by atoms with Crippen LogP contribution in [0.15, 0.2) is 23.2 Å². The van der Waals surface area contributed by atoms with E-state index < -0.39 is 0 Å². The molecular formula is C16H23N3S. The van der Waals surface area contributed by atoms with Crippen molar-refractivity contribution in [2.24, 2.45) is 0 Å². The number of nitrogens with zero attached hydrogens (tertiary/aromatic N) is 2. The number of benzene rings is 1. The highest BCUT2D eigenvalue weighted by Gasteiger charge is 2.15. The Morgan fingerprint density at radius 2 is 1.75 bits per heavy atom. The summed E-state index contributed by atoms with van der Waals surface area (Å²) in [5.74, 6) is 0.921. The van der Waals surface area contributed by atoms with Gasteiger partial charge >= 0.3 is 0 Å². The number of aromatic nitrogens is 2. The molecule has 2 aromatic rings. The Hall–Kier alpha value is -1.42. The molecule has 0 unspecified atom stereocenters. The lowest BCUT2D eigenvalue weighted by atomic mass is 10.1. The molecule has 0 saturated carbocycles. The number of aryl methyl sites for hydroxylation is 3. The summed E-state index contributed by atoms with van der Waals surface area (Å²) >= 11 is 1.77. The Kier molecular flexibility index (Phi) is 4.43. The Balaban J connectivity index is 2.22. The van der Waals surface area contributed by atoms with E-state index in [0.717, 1.165) is 22.2 Å². The molecule has 2 rings (SSSR count). The van der Waals surface area contributed by atoms with Crippen LogP contribution in [-0.2, 0) is 5.75 Å². The van der Waals surface area contributed by atoms with Gasteiger partial charge in [0.2, 0.25) is 0 Å². The van der Waals surface area contributed by atoms with E-state index in [1.807, 2.05) is 11.6 Å². The molecule has 1 aromatic heterocycles. The highest BCUT2D eigenvalue weighted by atomic mass is 32.2. The number of thioether (sulfide) groups is 1. The van der Waals surface area contributed by atoms with Gasteiger partial charge in [-0.3, -0.25) is 4.68 Å². The van der Waals surface area contributed by atoms with Gasteiger partial charge in [0.15, 0.2) is 0 Å². The fourth-order valence-electron chi connectivity index (χ4n) is 2.34. The Morgan fingerprint density at radius 3 is 2.30 bits per heavy atom. The summed E-state index contributed by atoms with van der Waals surface area (Å²) in [4.78, 5) is 0. The number of nitrogens with two attached hydrogens (primary N) is 1. The van der Waals surface area contributed by atoms with Crippen LogP contribution in [0.2, 0.25) is 0 Å². The largest absolute Gasteiger partial charge is 0.395 e. The van der Waals surface area contributed by atoms with Crippen LogP contribution < -0.4 is 5.73 Å². The van der Waals surface area contributed by atoms with Gasteiger partial charge in [-0.2, -0.15) is 5.10 Å². The molecule has 0 spiro atoms. The van der Waals surface area contributed by atoms with E-state index in [2.05, 4.69) is 51.0 Å². The molecular weight excluding hydrogens is 266 g/mol. The van der Waals surface area contributed by atoms with Crippen LogP contribution in [0, 0.1) is 20.8 Å². The van der Waals surface area contributed by atoms with Crippen molar-refractivity contribution >= 4 is 17.4 Å². The van der Waals surface area contributed by atoms with E-state index in [0.29, 0.717) is 6.04 Å². The average molecular weight is 289 g/mol. The predicted octanol–water partition coefficient (Wildman–Crippen LogP) is 4.26. The van der Waals surface area contributed by atoms with Gasteiger partial charge in [0, 0.05) is 11.8 Å². The topological polar surface area (TPSA) is 43.8 Å². The summed E-state index contributed by atoms with van der Waals surface area (Å²) in [7, 11) is 0. The number of hydrogen-bond acceptors (Lipinski definition) is 3. The number of rotatable bonds is 4. The highest BCUT2D eigenvalue weighted by Crippen LogP contribution is 2.32. The van der Waals surface area contributed by atoms with E-state index in [9.17, 15) is 0 Å². The van der Waals surface area contributed by atoms with Crippen LogP contribution in [0.3, 0.4) is 0 Å². The SMILES string of the molecule is Cc1cc(C)cc(CSc2c(N)c(C)nn2C(C)C)c1. The van der Waals surface area contributed by atoms with Gasteiger partial charge in [0.25, 0.3) is 0 Å². The smallest absolute Gasteiger partial charge is 0.118 e. The monoisotopic (exact) mass is 289 g/mol. The summed E-state index contributed by atoms with van der Waals surface area (Å²) in [6, 6.07) is 7.00. The Labute approximate surface area is 125 Å². The van der Waals surface area contributed by atoms with Crippen molar-refractivity contribution in [2.75, 3.05) is 5.73 Å². The molecule has 108 valence electrons. The first-order valence-corrected chi connectivity index (χ1v) is 7.91. The third-order valence-corrected chi connectivity index (χ3v) is 4.39. The summed E-state index contributed by atoms with van der Waals surface area (Å²) < 4.78 is 2.03. The third-order valence-electron chi connectivity index (χ3n) is 3.23. The minimum atomic E-state index is 0.327. The first-order chi connectivity index (χ1) is 9.38. The second kappa shape index (κ2) is 5.92. The zero-order valence-electron chi connectivity index (χ0n) is 12.9. The third kappa shape index (κ3) is 3.18. The van der Waals surface area contributed by atoms with Crippen molar-refractivity contribution in [1.82, 2.24) is 9.78 Å². The molecule has 0 radical (unpaired) electrons. The molecule has 1 heterocycles. The molecule has 20 heavy (non-hydrogen) atoms. The van der Waals surface area contributed by atoms with Crippen molar-refractivity contribution < 1.29 is 0 Å². The van der Waals surface area contributed by atoms with E-state index in [1.165, 1.54) is 16.7 Å². The predicted molar refractivity (Wildman–Crippen MR) is 87.2 cm³/mol. The van der Waals surface area contributed by atoms with Crippen molar-refractivity contribution in [2.45, 2.75) is 51.4 Å². The van der Waals surface area contributed by atoms with Crippen LogP contribution in [0.25, 0.3) is 0 Å². The maximum Gasteiger partial charge on any atom is 0.118 e. The molecule has 0 aliphatic rings. The summed E-state index contributed by atoms with van der Waals surface area (Å²) in [6.45, 7) is 10.5. The van der Waals surface area contributed by atoms with Crippen molar-refractivity contribution in [1.29, 1.82) is 0 Å². The molecule has 0 amide bonds. The van der Waals surface area contributed by atoms with Crippen LogP contribution in [0.5, 0.6) is 0 Å². The van der Waals surface area contributed by atoms with Gasteiger partial charge in [-0.05, 0) is 40.2 Å². The molecule has 3 nitrogen and oxygen atoms in total. The molecule has 0 fully saturated rings. The van der Waals surface area contributed by atoms with E-state index in [4.69, 9.17) is 5.73 Å². The van der Waals surface area contributed by atoms with Crippen LogP contribution >= 0.6 is 11.8 Å². The van der Waals surface area contributed by atoms with Crippen LogP contribution in [0.1, 0.15) is 42.3 Å². The lowest BCUT2D eigenvalue weighted by Crippen LogP contribution is -2.05. The van der Waals surface area contributed by atoms with E-state index in [1.54, 1.807) is 11.8 Å². The highest BCUT2D eigenvalue weighted by molar-refractivity contribution is 7.98. The maximum absolute atomic E-state index is 6.16. The van der Waals surface area contributed by atoms with Crippen molar-refractivity contribution in [3.05, 3.63) is 40.6 Å². The van der Waals surface area contributed by atoms with Crippen molar-refractivity contribution in [3.63, 3.8) is 0 Å². The molecule has 4 heteroatoms. The van der Waals surface area contributed by atoms with Gasteiger partial charge in [-0.25, -0.2) is 0 Å². The first kappa shape index (κ1) is 15.0. The van der Waals surface area contributed by atoms with Crippen molar-refractivity contribution in [3.8, 4) is 0 Å². The zero-order chi connectivity index (χ0) is 14.9. The molecule has 0 bridgehead atoms.